The van der Waals surface area contributed by atoms with Gasteiger partial charge in [-0.15, -0.1) is 0 Å². The van der Waals surface area contributed by atoms with Gasteiger partial charge in [-0.3, -0.25) is 4.98 Å². The van der Waals surface area contributed by atoms with Crippen LogP contribution in [-0.4, -0.2) is 4.98 Å². The summed E-state index contributed by atoms with van der Waals surface area (Å²) >= 11 is 0. The van der Waals surface area contributed by atoms with Gasteiger partial charge in [0.1, 0.15) is 0 Å². The fourth-order valence-electron chi connectivity index (χ4n) is 4.91. The lowest BCUT2D eigenvalue weighted by Crippen LogP contribution is -1.90. The largest absolute Gasteiger partial charge is 0.256 e. The van der Waals surface area contributed by atoms with Gasteiger partial charge in [0, 0.05) is 17.1 Å². The lowest BCUT2D eigenvalue weighted by Gasteiger charge is -2.12. The van der Waals surface area contributed by atoms with Crippen molar-refractivity contribution < 1.29 is 0 Å². The van der Waals surface area contributed by atoms with E-state index in [1.807, 2.05) is 6.20 Å². The van der Waals surface area contributed by atoms with E-state index in [-0.39, 0.29) is 0 Å². The van der Waals surface area contributed by atoms with E-state index >= 15 is 0 Å². The number of benzene rings is 4. The van der Waals surface area contributed by atoms with Crippen LogP contribution in [0.2, 0.25) is 0 Å². The lowest BCUT2D eigenvalue weighted by molar-refractivity contribution is 0.667. The Labute approximate surface area is 197 Å². The highest BCUT2D eigenvalue weighted by atomic mass is 14.7. The maximum Gasteiger partial charge on any atom is 0.0780 e. The molecule has 0 atom stereocenters. The molecule has 0 aliphatic carbocycles. The molecular weight excluding hydrogens is 398 g/mol. The fraction of sp³-hybridized carbons (Fsp3) is 0.219. The molecule has 33 heavy (non-hydrogen) atoms. The van der Waals surface area contributed by atoms with Crippen molar-refractivity contribution in [3.63, 3.8) is 0 Å². The quantitative estimate of drug-likeness (QED) is 0.186. The van der Waals surface area contributed by atoms with Crippen molar-refractivity contribution in [1.82, 2.24) is 4.98 Å². The molecule has 1 aromatic heterocycles. The number of pyridine rings is 1. The predicted molar refractivity (Wildman–Crippen MR) is 143 cm³/mol. The van der Waals surface area contributed by atoms with Crippen LogP contribution in [0.15, 0.2) is 91.1 Å². The molecule has 0 radical (unpaired) electrons. The monoisotopic (exact) mass is 429 g/mol. The van der Waals surface area contributed by atoms with Crippen molar-refractivity contribution in [2.75, 3.05) is 0 Å². The van der Waals surface area contributed by atoms with Crippen LogP contribution in [0, 0.1) is 6.92 Å². The van der Waals surface area contributed by atoms with Gasteiger partial charge in [0.25, 0.3) is 0 Å². The molecule has 4 aromatic carbocycles. The molecule has 5 aromatic rings. The Kier molecular flexibility index (Phi) is 6.21. The van der Waals surface area contributed by atoms with E-state index in [4.69, 9.17) is 4.98 Å². The van der Waals surface area contributed by atoms with Gasteiger partial charge in [-0.25, -0.2) is 0 Å². The minimum Gasteiger partial charge on any atom is -0.256 e. The highest BCUT2D eigenvalue weighted by Gasteiger charge is 2.11. The average Bonchev–Trinajstić information content (AvgIpc) is 2.87. The maximum atomic E-state index is 4.82. The number of aryl methyl sites for hydroxylation is 2. The molecule has 0 saturated heterocycles. The first-order valence-electron chi connectivity index (χ1n) is 12.2. The molecule has 5 rings (SSSR count). The molecule has 0 aliphatic rings. The van der Waals surface area contributed by atoms with Gasteiger partial charge >= 0.3 is 0 Å². The van der Waals surface area contributed by atoms with Crippen LogP contribution < -0.4 is 0 Å². The Morgan fingerprint density at radius 1 is 0.606 bits per heavy atom. The highest BCUT2D eigenvalue weighted by Crippen LogP contribution is 2.35. The smallest absolute Gasteiger partial charge is 0.0780 e. The Bertz CT molecular complexity index is 1400. The second kappa shape index (κ2) is 9.58. The van der Waals surface area contributed by atoms with Gasteiger partial charge < -0.3 is 0 Å². The standard InChI is InChI=1S/C32H31N/c1-3-4-5-6-10-24-15-17-25(18-16-24)26-11-9-12-27(22-26)32-31-21-23(2)28-13-7-8-14-29(28)30(31)19-20-33-32/h7-9,11-22H,3-6,10H2,1-2H3. The Morgan fingerprint density at radius 2 is 1.36 bits per heavy atom. The summed E-state index contributed by atoms with van der Waals surface area (Å²) in [6.45, 7) is 4.46. The second-order valence-electron chi connectivity index (χ2n) is 9.08. The van der Waals surface area contributed by atoms with Crippen LogP contribution in [0.4, 0.5) is 0 Å². The minimum atomic E-state index is 1.05. The molecule has 0 fully saturated rings. The van der Waals surface area contributed by atoms with Crippen molar-refractivity contribution in [3.05, 3.63) is 102 Å². The number of aromatic nitrogens is 1. The lowest BCUT2D eigenvalue weighted by atomic mass is 9.94. The van der Waals surface area contributed by atoms with Gasteiger partial charge in [0.15, 0.2) is 0 Å². The van der Waals surface area contributed by atoms with E-state index in [1.54, 1.807) is 0 Å². The summed E-state index contributed by atoms with van der Waals surface area (Å²) < 4.78 is 0. The number of nitrogens with zero attached hydrogens (tertiary/aromatic N) is 1. The fourth-order valence-corrected chi connectivity index (χ4v) is 4.91. The molecule has 1 heterocycles. The minimum absolute atomic E-state index is 1.05. The van der Waals surface area contributed by atoms with Gasteiger partial charge in [0.2, 0.25) is 0 Å². The summed E-state index contributed by atoms with van der Waals surface area (Å²) in [5, 5.41) is 5.08. The first-order chi connectivity index (χ1) is 16.2. The molecule has 0 saturated carbocycles. The molecule has 1 heteroatoms. The molecule has 0 amide bonds. The van der Waals surface area contributed by atoms with Crippen LogP contribution in [0.1, 0.15) is 43.7 Å². The van der Waals surface area contributed by atoms with E-state index in [0.29, 0.717) is 0 Å². The van der Waals surface area contributed by atoms with Gasteiger partial charge in [-0.1, -0.05) is 92.9 Å². The van der Waals surface area contributed by atoms with Crippen molar-refractivity contribution in [3.8, 4) is 22.4 Å². The molecule has 0 unspecified atom stereocenters. The summed E-state index contributed by atoms with van der Waals surface area (Å²) in [6, 6.07) is 31.0. The third-order valence-electron chi connectivity index (χ3n) is 6.74. The zero-order chi connectivity index (χ0) is 22.6. The summed E-state index contributed by atoms with van der Waals surface area (Å²) in [5.41, 5.74) is 7.44. The summed E-state index contributed by atoms with van der Waals surface area (Å²) in [7, 11) is 0. The Morgan fingerprint density at radius 3 is 2.18 bits per heavy atom. The summed E-state index contributed by atoms with van der Waals surface area (Å²) in [5.74, 6) is 0. The van der Waals surface area contributed by atoms with Crippen LogP contribution in [-0.2, 0) is 6.42 Å². The van der Waals surface area contributed by atoms with Crippen LogP contribution in [0.3, 0.4) is 0 Å². The third-order valence-corrected chi connectivity index (χ3v) is 6.74. The van der Waals surface area contributed by atoms with Crippen molar-refractivity contribution >= 4 is 21.5 Å². The van der Waals surface area contributed by atoms with Gasteiger partial charge in [-0.05, 0) is 76.4 Å². The van der Waals surface area contributed by atoms with Crippen molar-refractivity contribution in [1.29, 1.82) is 0 Å². The van der Waals surface area contributed by atoms with Crippen molar-refractivity contribution in [2.45, 2.75) is 46.0 Å². The van der Waals surface area contributed by atoms with E-state index in [0.717, 1.165) is 11.3 Å². The zero-order valence-electron chi connectivity index (χ0n) is 19.6. The topological polar surface area (TPSA) is 12.9 Å². The third kappa shape index (κ3) is 4.41. The van der Waals surface area contributed by atoms with Crippen molar-refractivity contribution in [2.24, 2.45) is 0 Å². The van der Waals surface area contributed by atoms with E-state index in [9.17, 15) is 0 Å². The maximum absolute atomic E-state index is 4.82. The van der Waals surface area contributed by atoms with E-state index in [1.165, 1.54) is 75.9 Å². The first-order valence-corrected chi connectivity index (χ1v) is 12.2. The van der Waals surface area contributed by atoms with Crippen LogP contribution >= 0.6 is 0 Å². The molecule has 0 N–H and O–H groups in total. The zero-order valence-corrected chi connectivity index (χ0v) is 19.6. The normalized spacial score (nSPS) is 11.3. The van der Waals surface area contributed by atoms with Crippen LogP contribution in [0.5, 0.6) is 0 Å². The van der Waals surface area contributed by atoms with E-state index < -0.39 is 0 Å². The number of fused-ring (bicyclic) bond motifs is 3. The molecule has 0 spiro atoms. The molecular formula is C32H31N. The molecule has 0 bridgehead atoms. The van der Waals surface area contributed by atoms with Gasteiger partial charge in [0.05, 0.1) is 5.69 Å². The molecule has 1 nitrogen and oxygen atoms in total. The summed E-state index contributed by atoms with van der Waals surface area (Å²) in [4.78, 5) is 4.82. The predicted octanol–water partition coefficient (Wildman–Crippen LogP) is 9.15. The number of hydrogen-bond acceptors (Lipinski definition) is 1. The SMILES string of the molecule is CCCCCCc1ccc(-c2cccc(-c3nccc4c3cc(C)c3ccccc34)c2)cc1. The Hall–Kier alpha value is -3.45. The first kappa shape index (κ1) is 21.4. The van der Waals surface area contributed by atoms with E-state index in [2.05, 4.69) is 98.8 Å². The Balaban J connectivity index is 1.50. The number of hydrogen-bond donors (Lipinski definition) is 0. The number of unbranched alkanes of at least 4 members (excludes halogenated alkanes) is 3. The molecule has 164 valence electrons. The number of rotatable bonds is 7. The van der Waals surface area contributed by atoms with Gasteiger partial charge in [-0.2, -0.15) is 0 Å². The average molecular weight is 430 g/mol. The summed E-state index contributed by atoms with van der Waals surface area (Å²) in [6.07, 6.45) is 8.35. The second-order valence-corrected chi connectivity index (χ2v) is 9.08. The van der Waals surface area contributed by atoms with Crippen LogP contribution in [0.25, 0.3) is 43.9 Å². The molecule has 0 aliphatic heterocycles. The highest BCUT2D eigenvalue weighted by molar-refractivity contribution is 6.12.